The summed E-state index contributed by atoms with van der Waals surface area (Å²) in [7, 11) is 0. The zero-order chi connectivity index (χ0) is 15.7. The van der Waals surface area contributed by atoms with E-state index in [-0.39, 0.29) is 11.4 Å². The normalized spacial score (nSPS) is 10.2. The Hall–Kier alpha value is -2.54. The van der Waals surface area contributed by atoms with Crippen LogP contribution in [0.3, 0.4) is 0 Å². The highest BCUT2D eigenvalue weighted by Crippen LogP contribution is 2.36. The van der Waals surface area contributed by atoms with Crippen LogP contribution in [-0.4, -0.2) is 9.97 Å². The van der Waals surface area contributed by atoms with E-state index in [1.54, 1.807) is 22.7 Å². The highest BCUT2D eigenvalue weighted by molar-refractivity contribution is 7.16. The Balaban J connectivity index is 2.31. The molecule has 3 rings (SSSR count). The van der Waals surface area contributed by atoms with E-state index in [1.807, 2.05) is 50.3 Å². The monoisotopic (exact) mass is 322 g/mol. The SMILES string of the molecule is Cc1ccc(-c2nc(C#N)c(C#N)nc2-c2ccc(C)s2)s1. The Kier molecular flexibility index (Phi) is 3.72. The second kappa shape index (κ2) is 5.69. The lowest BCUT2D eigenvalue weighted by Crippen LogP contribution is -1.99. The minimum Gasteiger partial charge on any atom is -0.231 e. The Morgan fingerprint density at radius 3 is 1.45 bits per heavy atom. The maximum Gasteiger partial charge on any atom is 0.177 e. The quantitative estimate of drug-likeness (QED) is 0.705. The van der Waals surface area contributed by atoms with E-state index in [9.17, 15) is 10.5 Å². The molecule has 0 aliphatic carbocycles. The van der Waals surface area contributed by atoms with Crippen molar-refractivity contribution in [3.8, 4) is 33.3 Å². The molecule has 0 unspecified atom stereocenters. The summed E-state index contributed by atoms with van der Waals surface area (Å²) < 4.78 is 0. The van der Waals surface area contributed by atoms with Gasteiger partial charge in [0.1, 0.15) is 23.5 Å². The summed E-state index contributed by atoms with van der Waals surface area (Å²) in [6, 6.07) is 11.9. The largest absolute Gasteiger partial charge is 0.231 e. The van der Waals surface area contributed by atoms with Gasteiger partial charge in [0.05, 0.1) is 9.75 Å². The predicted molar refractivity (Wildman–Crippen MR) is 87.6 cm³/mol. The van der Waals surface area contributed by atoms with Crippen LogP contribution in [0.25, 0.3) is 21.1 Å². The van der Waals surface area contributed by atoms with E-state index in [2.05, 4.69) is 9.97 Å². The van der Waals surface area contributed by atoms with E-state index >= 15 is 0 Å². The fraction of sp³-hybridized carbons (Fsp3) is 0.125. The number of hydrogen-bond acceptors (Lipinski definition) is 6. The van der Waals surface area contributed by atoms with Crippen molar-refractivity contribution in [1.82, 2.24) is 9.97 Å². The van der Waals surface area contributed by atoms with Gasteiger partial charge in [-0.25, -0.2) is 9.97 Å². The van der Waals surface area contributed by atoms with Crippen molar-refractivity contribution in [1.29, 1.82) is 10.5 Å². The summed E-state index contributed by atoms with van der Waals surface area (Å²) in [5, 5.41) is 18.4. The number of hydrogen-bond donors (Lipinski definition) is 0. The number of aryl methyl sites for hydroxylation is 2. The van der Waals surface area contributed by atoms with Crippen LogP contribution < -0.4 is 0 Å². The zero-order valence-corrected chi connectivity index (χ0v) is 13.5. The van der Waals surface area contributed by atoms with Crippen molar-refractivity contribution in [3.63, 3.8) is 0 Å². The van der Waals surface area contributed by atoms with Gasteiger partial charge in [0, 0.05) is 9.75 Å². The minimum atomic E-state index is 0.0700. The summed E-state index contributed by atoms with van der Waals surface area (Å²) in [6.07, 6.45) is 0. The first kappa shape index (κ1) is 14.4. The van der Waals surface area contributed by atoms with Crippen LogP contribution in [0, 0.1) is 36.5 Å². The van der Waals surface area contributed by atoms with Crippen LogP contribution >= 0.6 is 22.7 Å². The van der Waals surface area contributed by atoms with Gasteiger partial charge in [-0.15, -0.1) is 22.7 Å². The molecule has 0 fully saturated rings. The standard InChI is InChI=1S/C16H10N4S2/c1-9-3-5-13(21-9)15-16(14-6-4-10(2)22-14)20-12(8-18)11(7-17)19-15/h3-6H,1-2H3. The molecule has 4 nitrogen and oxygen atoms in total. The molecule has 3 aromatic rings. The van der Waals surface area contributed by atoms with E-state index < -0.39 is 0 Å². The molecule has 0 aromatic carbocycles. The topological polar surface area (TPSA) is 73.4 Å². The van der Waals surface area contributed by atoms with E-state index in [0.717, 1.165) is 19.5 Å². The highest BCUT2D eigenvalue weighted by Gasteiger charge is 2.18. The van der Waals surface area contributed by atoms with Crippen LogP contribution in [-0.2, 0) is 0 Å². The second-order valence-electron chi connectivity index (χ2n) is 4.66. The number of nitrogens with zero attached hydrogens (tertiary/aromatic N) is 4. The summed E-state index contributed by atoms with van der Waals surface area (Å²) in [5.74, 6) is 0. The number of nitriles is 2. The first-order chi connectivity index (χ1) is 10.6. The van der Waals surface area contributed by atoms with E-state index in [4.69, 9.17) is 0 Å². The predicted octanol–water partition coefficient (Wildman–Crippen LogP) is 4.29. The Morgan fingerprint density at radius 1 is 0.773 bits per heavy atom. The first-order valence-electron chi connectivity index (χ1n) is 6.48. The van der Waals surface area contributed by atoms with Gasteiger partial charge in [0.2, 0.25) is 0 Å². The maximum absolute atomic E-state index is 9.19. The molecule has 0 saturated heterocycles. The average molecular weight is 322 g/mol. The van der Waals surface area contributed by atoms with Crippen molar-refractivity contribution in [2.45, 2.75) is 13.8 Å². The third kappa shape index (κ3) is 2.50. The summed E-state index contributed by atoms with van der Waals surface area (Å²) in [5.41, 5.74) is 1.46. The van der Waals surface area contributed by atoms with Crippen molar-refractivity contribution in [2.24, 2.45) is 0 Å². The molecular formula is C16H10N4S2. The van der Waals surface area contributed by atoms with Crippen LogP contribution in [0.5, 0.6) is 0 Å². The smallest absolute Gasteiger partial charge is 0.177 e. The van der Waals surface area contributed by atoms with E-state index in [1.165, 1.54) is 0 Å². The van der Waals surface area contributed by atoms with Gasteiger partial charge in [-0.1, -0.05) is 0 Å². The molecule has 0 radical (unpaired) electrons. The van der Waals surface area contributed by atoms with Gasteiger partial charge in [-0.3, -0.25) is 0 Å². The molecule has 0 bridgehead atoms. The van der Waals surface area contributed by atoms with Crippen LogP contribution in [0.2, 0.25) is 0 Å². The fourth-order valence-electron chi connectivity index (χ4n) is 2.06. The summed E-state index contributed by atoms with van der Waals surface area (Å²) in [6.45, 7) is 4.04. The molecule has 0 aliphatic rings. The van der Waals surface area contributed by atoms with E-state index in [0.29, 0.717) is 11.4 Å². The third-order valence-corrected chi connectivity index (χ3v) is 5.07. The summed E-state index contributed by atoms with van der Waals surface area (Å²) in [4.78, 5) is 13.0. The highest BCUT2D eigenvalue weighted by atomic mass is 32.1. The molecule has 0 aliphatic heterocycles. The van der Waals surface area contributed by atoms with Gasteiger partial charge in [-0.05, 0) is 38.1 Å². The zero-order valence-electron chi connectivity index (χ0n) is 11.9. The van der Waals surface area contributed by atoms with Crippen LogP contribution in [0.1, 0.15) is 21.1 Å². The molecule has 22 heavy (non-hydrogen) atoms. The van der Waals surface area contributed by atoms with Gasteiger partial charge in [0.25, 0.3) is 0 Å². The molecule has 3 aromatic heterocycles. The van der Waals surface area contributed by atoms with Gasteiger partial charge >= 0.3 is 0 Å². The van der Waals surface area contributed by atoms with Gasteiger partial charge in [0.15, 0.2) is 11.4 Å². The molecule has 106 valence electrons. The summed E-state index contributed by atoms with van der Waals surface area (Å²) >= 11 is 3.20. The van der Waals surface area contributed by atoms with Crippen molar-refractivity contribution >= 4 is 22.7 Å². The number of rotatable bonds is 2. The van der Waals surface area contributed by atoms with Crippen molar-refractivity contribution < 1.29 is 0 Å². The Labute approximate surface area is 136 Å². The van der Waals surface area contributed by atoms with Crippen molar-refractivity contribution in [2.75, 3.05) is 0 Å². The number of aromatic nitrogens is 2. The molecule has 0 amide bonds. The molecular weight excluding hydrogens is 312 g/mol. The number of thiophene rings is 2. The lowest BCUT2D eigenvalue weighted by molar-refractivity contribution is 1.15. The molecule has 0 N–H and O–H groups in total. The molecule has 6 heteroatoms. The van der Waals surface area contributed by atoms with Gasteiger partial charge < -0.3 is 0 Å². The van der Waals surface area contributed by atoms with Crippen LogP contribution in [0.15, 0.2) is 24.3 Å². The Bertz CT molecular complexity index is 861. The first-order valence-corrected chi connectivity index (χ1v) is 8.11. The average Bonchev–Trinajstić information content (AvgIpc) is 3.14. The maximum atomic E-state index is 9.19. The Morgan fingerprint density at radius 2 is 1.18 bits per heavy atom. The second-order valence-corrected chi connectivity index (χ2v) is 7.24. The lowest BCUT2D eigenvalue weighted by Gasteiger charge is -2.06. The lowest BCUT2D eigenvalue weighted by atomic mass is 10.2. The molecule has 3 heterocycles. The molecule has 0 saturated carbocycles. The third-order valence-electron chi connectivity index (χ3n) is 3.06. The minimum absolute atomic E-state index is 0.0700. The molecule has 0 atom stereocenters. The molecule has 0 spiro atoms. The van der Waals surface area contributed by atoms with Crippen LogP contribution in [0.4, 0.5) is 0 Å². The van der Waals surface area contributed by atoms with Crippen molar-refractivity contribution in [3.05, 3.63) is 45.4 Å². The fourth-order valence-corrected chi connectivity index (χ4v) is 3.77. The van der Waals surface area contributed by atoms with Gasteiger partial charge in [-0.2, -0.15) is 10.5 Å².